The van der Waals surface area contributed by atoms with E-state index < -0.39 is 0 Å². The van der Waals surface area contributed by atoms with Gasteiger partial charge in [0.05, 0.1) is 5.51 Å². The van der Waals surface area contributed by atoms with Gasteiger partial charge >= 0.3 is 0 Å². The van der Waals surface area contributed by atoms with Crippen LogP contribution < -0.4 is 5.73 Å². The highest BCUT2D eigenvalue weighted by molar-refractivity contribution is 7.14. The van der Waals surface area contributed by atoms with Gasteiger partial charge in [-0.25, -0.2) is 9.37 Å². The number of hydrogen-bond acceptors (Lipinski definition) is 3. The van der Waals surface area contributed by atoms with Gasteiger partial charge in [-0.3, -0.25) is 0 Å². The highest BCUT2D eigenvalue weighted by Gasteiger charge is 2.11. The molecule has 1 aromatic carbocycles. The monoisotopic (exact) mass is 208 g/mol. The second-order valence-electron chi connectivity index (χ2n) is 3.00. The number of benzene rings is 1. The van der Waals surface area contributed by atoms with E-state index in [0.717, 1.165) is 0 Å². The number of rotatable bonds is 1. The van der Waals surface area contributed by atoms with Gasteiger partial charge in [0, 0.05) is 5.56 Å². The van der Waals surface area contributed by atoms with Crippen molar-refractivity contribution in [1.82, 2.24) is 4.98 Å². The molecule has 0 saturated carbocycles. The molecule has 0 atom stereocenters. The van der Waals surface area contributed by atoms with Gasteiger partial charge in [-0.1, -0.05) is 12.1 Å². The van der Waals surface area contributed by atoms with Gasteiger partial charge in [-0.2, -0.15) is 0 Å². The Labute approximate surface area is 85.2 Å². The lowest BCUT2D eigenvalue weighted by Crippen LogP contribution is -1.91. The van der Waals surface area contributed by atoms with Crippen LogP contribution in [0.3, 0.4) is 0 Å². The first kappa shape index (κ1) is 9.15. The van der Waals surface area contributed by atoms with E-state index >= 15 is 0 Å². The molecule has 0 spiro atoms. The van der Waals surface area contributed by atoms with Crippen LogP contribution >= 0.6 is 11.3 Å². The summed E-state index contributed by atoms with van der Waals surface area (Å²) in [5, 5.41) is 0.550. The summed E-state index contributed by atoms with van der Waals surface area (Å²) in [5.41, 5.74) is 8.92. The first-order valence-corrected chi connectivity index (χ1v) is 5.02. The van der Waals surface area contributed by atoms with E-state index in [1.165, 1.54) is 11.3 Å². The van der Waals surface area contributed by atoms with E-state index in [1.807, 2.05) is 0 Å². The quantitative estimate of drug-likeness (QED) is 0.782. The standard InChI is InChI=1S/C10H9FN2S/c1-6-3-2-4-7(8(6)11)9-10(12)14-5-13-9/h2-5H,12H2,1H3. The van der Waals surface area contributed by atoms with Crippen LogP contribution in [0.1, 0.15) is 5.56 Å². The number of nitrogens with zero attached hydrogens (tertiary/aromatic N) is 1. The number of nitrogens with two attached hydrogens (primary N) is 1. The van der Waals surface area contributed by atoms with Gasteiger partial charge < -0.3 is 5.73 Å². The molecule has 0 radical (unpaired) electrons. The summed E-state index contributed by atoms with van der Waals surface area (Å²) in [7, 11) is 0. The second kappa shape index (κ2) is 3.38. The minimum absolute atomic E-state index is 0.245. The topological polar surface area (TPSA) is 38.9 Å². The Hall–Kier alpha value is -1.42. The van der Waals surface area contributed by atoms with E-state index in [-0.39, 0.29) is 5.82 Å². The fraction of sp³-hybridized carbons (Fsp3) is 0.100. The van der Waals surface area contributed by atoms with Gasteiger partial charge in [0.2, 0.25) is 0 Å². The lowest BCUT2D eigenvalue weighted by atomic mass is 10.1. The molecule has 0 aliphatic rings. The van der Waals surface area contributed by atoms with Crippen LogP contribution in [-0.4, -0.2) is 4.98 Å². The van der Waals surface area contributed by atoms with E-state index in [1.54, 1.807) is 30.6 Å². The number of halogens is 1. The molecule has 4 heteroatoms. The van der Waals surface area contributed by atoms with E-state index in [4.69, 9.17) is 5.73 Å². The van der Waals surface area contributed by atoms with Crippen LogP contribution in [0.25, 0.3) is 11.3 Å². The van der Waals surface area contributed by atoms with Crippen molar-refractivity contribution in [2.75, 3.05) is 5.73 Å². The molecule has 2 aromatic rings. The summed E-state index contributed by atoms with van der Waals surface area (Å²) >= 11 is 1.31. The van der Waals surface area contributed by atoms with Crippen molar-refractivity contribution in [3.8, 4) is 11.3 Å². The van der Waals surface area contributed by atoms with Crippen molar-refractivity contribution in [2.24, 2.45) is 0 Å². The third kappa shape index (κ3) is 1.37. The maximum absolute atomic E-state index is 13.7. The third-order valence-electron chi connectivity index (χ3n) is 2.04. The summed E-state index contributed by atoms with van der Waals surface area (Å²) in [6.07, 6.45) is 0. The van der Waals surface area contributed by atoms with E-state index in [0.29, 0.717) is 21.8 Å². The van der Waals surface area contributed by atoms with Crippen LogP contribution in [-0.2, 0) is 0 Å². The highest BCUT2D eigenvalue weighted by atomic mass is 32.1. The molecule has 0 amide bonds. The predicted octanol–water partition coefficient (Wildman–Crippen LogP) is 2.84. The second-order valence-corrected chi connectivity index (χ2v) is 3.89. The van der Waals surface area contributed by atoms with Crippen LogP contribution in [0.4, 0.5) is 9.39 Å². The number of nitrogen functional groups attached to an aromatic ring is 1. The molecule has 2 nitrogen and oxygen atoms in total. The molecular formula is C10H9FN2S. The Morgan fingerprint density at radius 2 is 2.21 bits per heavy atom. The molecule has 1 heterocycles. The van der Waals surface area contributed by atoms with Gasteiger partial charge in [0.1, 0.15) is 16.5 Å². The molecule has 0 aliphatic heterocycles. The first-order chi connectivity index (χ1) is 6.70. The van der Waals surface area contributed by atoms with Crippen molar-refractivity contribution in [2.45, 2.75) is 6.92 Å². The minimum atomic E-state index is -0.245. The Balaban J connectivity index is 2.63. The molecule has 2 N–H and O–H groups in total. The lowest BCUT2D eigenvalue weighted by Gasteiger charge is -2.02. The Morgan fingerprint density at radius 1 is 1.43 bits per heavy atom. The first-order valence-electron chi connectivity index (χ1n) is 4.14. The van der Waals surface area contributed by atoms with Crippen LogP contribution in [0, 0.1) is 12.7 Å². The molecule has 72 valence electrons. The third-order valence-corrected chi connectivity index (χ3v) is 2.70. The molecule has 0 unspecified atom stereocenters. The summed E-state index contributed by atoms with van der Waals surface area (Å²) in [6, 6.07) is 5.21. The zero-order valence-electron chi connectivity index (χ0n) is 7.62. The normalized spacial score (nSPS) is 10.4. The fourth-order valence-electron chi connectivity index (χ4n) is 1.29. The number of thiazole rings is 1. The molecular weight excluding hydrogens is 199 g/mol. The fourth-order valence-corrected chi connectivity index (χ4v) is 1.83. The maximum atomic E-state index is 13.7. The number of aryl methyl sites for hydroxylation is 1. The highest BCUT2D eigenvalue weighted by Crippen LogP contribution is 2.30. The van der Waals surface area contributed by atoms with Gasteiger partial charge in [-0.05, 0) is 18.6 Å². The van der Waals surface area contributed by atoms with Gasteiger partial charge in [0.25, 0.3) is 0 Å². The summed E-state index contributed by atoms with van der Waals surface area (Å²) in [5.74, 6) is -0.245. The summed E-state index contributed by atoms with van der Waals surface area (Å²) < 4.78 is 13.7. The average molecular weight is 208 g/mol. The van der Waals surface area contributed by atoms with Gasteiger partial charge in [-0.15, -0.1) is 11.3 Å². The molecule has 0 saturated heterocycles. The minimum Gasteiger partial charge on any atom is -0.389 e. The van der Waals surface area contributed by atoms with Crippen LogP contribution in [0.2, 0.25) is 0 Å². The zero-order valence-corrected chi connectivity index (χ0v) is 8.44. The average Bonchev–Trinajstić information content (AvgIpc) is 2.57. The molecule has 14 heavy (non-hydrogen) atoms. The van der Waals surface area contributed by atoms with Crippen LogP contribution in [0.15, 0.2) is 23.7 Å². The zero-order chi connectivity index (χ0) is 10.1. The molecule has 1 aromatic heterocycles. The van der Waals surface area contributed by atoms with Crippen molar-refractivity contribution in [1.29, 1.82) is 0 Å². The van der Waals surface area contributed by atoms with E-state index in [2.05, 4.69) is 4.98 Å². The van der Waals surface area contributed by atoms with Crippen LogP contribution in [0.5, 0.6) is 0 Å². The van der Waals surface area contributed by atoms with E-state index in [9.17, 15) is 4.39 Å². The smallest absolute Gasteiger partial charge is 0.135 e. The van der Waals surface area contributed by atoms with Gasteiger partial charge in [0.15, 0.2) is 0 Å². The molecule has 0 bridgehead atoms. The Kier molecular flexibility index (Phi) is 2.21. The SMILES string of the molecule is Cc1cccc(-c2ncsc2N)c1F. The van der Waals surface area contributed by atoms with Crippen molar-refractivity contribution >= 4 is 16.3 Å². The largest absolute Gasteiger partial charge is 0.389 e. The Morgan fingerprint density at radius 3 is 2.86 bits per heavy atom. The summed E-state index contributed by atoms with van der Waals surface area (Å²) in [4.78, 5) is 4.04. The number of aromatic nitrogens is 1. The van der Waals surface area contributed by atoms with Crippen molar-refractivity contribution in [3.63, 3.8) is 0 Å². The van der Waals surface area contributed by atoms with Crippen molar-refractivity contribution in [3.05, 3.63) is 35.1 Å². The molecule has 0 fully saturated rings. The lowest BCUT2D eigenvalue weighted by molar-refractivity contribution is 0.621. The Bertz CT molecular complexity index is 465. The summed E-state index contributed by atoms with van der Waals surface area (Å²) in [6.45, 7) is 1.72. The number of hydrogen-bond donors (Lipinski definition) is 1. The molecule has 0 aliphatic carbocycles. The predicted molar refractivity (Wildman–Crippen MR) is 56.7 cm³/mol. The van der Waals surface area contributed by atoms with Crippen molar-refractivity contribution < 1.29 is 4.39 Å². The molecule has 2 rings (SSSR count). The maximum Gasteiger partial charge on any atom is 0.135 e. The number of anilines is 1.